The van der Waals surface area contributed by atoms with Crippen LogP contribution in [-0.2, 0) is 16.9 Å². The normalized spacial score (nSPS) is 20.9. The molecule has 1 aliphatic heterocycles. The maximum Gasteiger partial charge on any atom is 0.341 e. The number of carboxylic acids is 1. The molecule has 2 aromatic rings. The van der Waals surface area contributed by atoms with Gasteiger partial charge in [-0.15, -0.1) is 0 Å². The van der Waals surface area contributed by atoms with E-state index in [0.717, 1.165) is 17.7 Å². The van der Waals surface area contributed by atoms with E-state index in [-0.39, 0.29) is 6.61 Å². The first-order valence-electron chi connectivity index (χ1n) is 8.00. The van der Waals surface area contributed by atoms with Crippen LogP contribution >= 0.6 is 0 Å². The topological polar surface area (TPSA) is 70.0 Å². The Bertz CT molecular complexity index is 704. The summed E-state index contributed by atoms with van der Waals surface area (Å²) in [5.74, 6) is -0.417. The van der Waals surface area contributed by atoms with Gasteiger partial charge in [0, 0.05) is 25.2 Å². The lowest BCUT2D eigenvalue weighted by molar-refractivity contribution is -0.139. The van der Waals surface area contributed by atoms with Crippen LogP contribution in [0.1, 0.15) is 17.5 Å². The molecule has 0 radical (unpaired) electrons. The number of benzene rings is 2. The molecule has 1 atom stereocenters. The molecule has 1 saturated heterocycles. The first-order chi connectivity index (χ1) is 11.6. The third-order valence-electron chi connectivity index (χ3n) is 4.36. The Balaban J connectivity index is 1.69. The third-order valence-corrected chi connectivity index (χ3v) is 4.36. The van der Waals surface area contributed by atoms with Crippen LogP contribution in [0.4, 0.5) is 0 Å². The summed E-state index contributed by atoms with van der Waals surface area (Å²) in [5.41, 5.74) is 1.02. The number of ether oxygens (including phenoxy) is 1. The Morgan fingerprint density at radius 3 is 2.58 bits per heavy atom. The van der Waals surface area contributed by atoms with Crippen molar-refractivity contribution in [2.75, 3.05) is 19.7 Å². The molecule has 2 aromatic carbocycles. The predicted octanol–water partition coefficient (Wildman–Crippen LogP) is 2.24. The minimum atomic E-state index is -0.996. The van der Waals surface area contributed by atoms with E-state index >= 15 is 0 Å². The average molecular weight is 327 g/mol. The summed E-state index contributed by atoms with van der Waals surface area (Å²) < 4.78 is 5.36. The van der Waals surface area contributed by atoms with Crippen molar-refractivity contribution in [1.82, 2.24) is 4.90 Å². The minimum absolute atomic E-state index is 0.356. The summed E-state index contributed by atoms with van der Waals surface area (Å²) >= 11 is 0. The molecule has 5 heteroatoms. The monoisotopic (exact) mass is 327 g/mol. The summed E-state index contributed by atoms with van der Waals surface area (Å²) in [7, 11) is 0. The molecule has 126 valence electrons. The molecule has 0 aromatic heterocycles. The number of carbonyl (C=O) groups is 1. The number of aliphatic hydroxyl groups is 1. The van der Waals surface area contributed by atoms with E-state index < -0.39 is 11.6 Å². The molecule has 0 saturated carbocycles. The first-order valence-corrected chi connectivity index (χ1v) is 8.00. The molecule has 1 fully saturated rings. The van der Waals surface area contributed by atoms with Crippen molar-refractivity contribution in [1.29, 1.82) is 0 Å². The Labute approximate surface area is 141 Å². The Morgan fingerprint density at radius 1 is 1.12 bits per heavy atom. The molecule has 0 aliphatic carbocycles. The number of hydrogen-bond donors (Lipinski definition) is 2. The van der Waals surface area contributed by atoms with Crippen LogP contribution in [0.5, 0.6) is 5.75 Å². The fraction of sp³-hybridized carbons (Fsp3) is 0.316. The third kappa shape index (κ3) is 3.75. The zero-order valence-electron chi connectivity index (χ0n) is 13.4. The largest absolute Gasteiger partial charge is 0.482 e. The van der Waals surface area contributed by atoms with E-state index in [4.69, 9.17) is 9.84 Å². The van der Waals surface area contributed by atoms with Crippen molar-refractivity contribution in [2.24, 2.45) is 0 Å². The number of rotatable bonds is 6. The highest BCUT2D eigenvalue weighted by atomic mass is 16.5. The molecule has 1 aliphatic rings. The number of β-amino-alcohol motifs (C(OH)–C–C–N with tert-alkyl or cyclic N) is 1. The van der Waals surface area contributed by atoms with E-state index in [0.29, 0.717) is 25.3 Å². The van der Waals surface area contributed by atoms with Crippen molar-refractivity contribution < 1.29 is 19.7 Å². The Hall–Kier alpha value is -2.37. The van der Waals surface area contributed by atoms with Gasteiger partial charge in [-0.05, 0) is 18.1 Å². The zero-order chi connectivity index (χ0) is 17.0. The van der Waals surface area contributed by atoms with Crippen LogP contribution in [0.25, 0.3) is 0 Å². The Morgan fingerprint density at radius 2 is 1.83 bits per heavy atom. The smallest absolute Gasteiger partial charge is 0.341 e. The standard InChI is InChI=1S/C19H21NO4/c21-18(22)13-24-17-9-5-4-6-15(17)12-20-11-10-19(23,14-20)16-7-2-1-3-8-16/h1-9,23H,10-14H2,(H,21,22)/t19-/m1/s1. The van der Waals surface area contributed by atoms with Crippen molar-refractivity contribution in [2.45, 2.75) is 18.6 Å². The van der Waals surface area contributed by atoms with Crippen LogP contribution in [0, 0.1) is 0 Å². The molecule has 0 spiro atoms. The van der Waals surface area contributed by atoms with Crippen molar-refractivity contribution >= 4 is 5.97 Å². The van der Waals surface area contributed by atoms with Gasteiger partial charge >= 0.3 is 5.97 Å². The van der Waals surface area contributed by atoms with Crippen LogP contribution in [0.2, 0.25) is 0 Å². The second kappa shape index (κ2) is 7.03. The molecule has 3 rings (SSSR count). The molecule has 1 heterocycles. The first kappa shape index (κ1) is 16.5. The SMILES string of the molecule is O=C(O)COc1ccccc1CN1CC[C@](O)(c2ccccc2)C1. The molecular formula is C19H21NO4. The van der Waals surface area contributed by atoms with Gasteiger partial charge in [-0.1, -0.05) is 48.5 Å². The van der Waals surface area contributed by atoms with E-state index in [1.54, 1.807) is 6.07 Å². The van der Waals surface area contributed by atoms with Gasteiger partial charge < -0.3 is 14.9 Å². The Kier molecular flexibility index (Phi) is 4.83. The lowest BCUT2D eigenvalue weighted by Crippen LogP contribution is -2.30. The maximum atomic E-state index is 10.9. The average Bonchev–Trinajstić information content (AvgIpc) is 2.97. The van der Waals surface area contributed by atoms with Crippen LogP contribution < -0.4 is 4.74 Å². The van der Waals surface area contributed by atoms with E-state index in [9.17, 15) is 9.90 Å². The lowest BCUT2D eigenvalue weighted by atomic mass is 9.93. The number of aliphatic carboxylic acids is 1. The highest BCUT2D eigenvalue weighted by Crippen LogP contribution is 2.33. The minimum Gasteiger partial charge on any atom is -0.482 e. The predicted molar refractivity (Wildman–Crippen MR) is 89.8 cm³/mol. The lowest BCUT2D eigenvalue weighted by Gasteiger charge is -2.24. The molecule has 0 amide bonds. The number of hydrogen-bond acceptors (Lipinski definition) is 4. The fourth-order valence-electron chi connectivity index (χ4n) is 3.15. The number of nitrogens with zero attached hydrogens (tertiary/aromatic N) is 1. The van der Waals surface area contributed by atoms with E-state index in [1.807, 2.05) is 48.5 Å². The van der Waals surface area contributed by atoms with Crippen molar-refractivity contribution in [3.05, 3.63) is 65.7 Å². The van der Waals surface area contributed by atoms with Gasteiger partial charge in [0.25, 0.3) is 0 Å². The molecule has 0 bridgehead atoms. The summed E-state index contributed by atoms with van der Waals surface area (Å²) in [5, 5.41) is 19.7. The van der Waals surface area contributed by atoms with Crippen molar-refractivity contribution in [3.63, 3.8) is 0 Å². The molecule has 24 heavy (non-hydrogen) atoms. The second-order valence-electron chi connectivity index (χ2n) is 6.15. The summed E-state index contributed by atoms with van der Waals surface area (Å²) in [6, 6.07) is 17.1. The molecule has 0 unspecified atom stereocenters. The van der Waals surface area contributed by atoms with Gasteiger partial charge in [-0.2, -0.15) is 0 Å². The number of carboxylic acid groups (broad SMARTS) is 1. The van der Waals surface area contributed by atoms with E-state index in [1.165, 1.54) is 0 Å². The number of para-hydroxylation sites is 1. The van der Waals surface area contributed by atoms with Gasteiger partial charge in [0.15, 0.2) is 6.61 Å². The van der Waals surface area contributed by atoms with Crippen molar-refractivity contribution in [3.8, 4) is 5.75 Å². The summed E-state index contributed by atoms with van der Waals surface area (Å²) in [6.45, 7) is 1.58. The maximum absolute atomic E-state index is 10.9. The summed E-state index contributed by atoms with van der Waals surface area (Å²) in [4.78, 5) is 12.9. The number of likely N-dealkylation sites (tertiary alicyclic amines) is 1. The van der Waals surface area contributed by atoms with Crippen LogP contribution in [-0.4, -0.2) is 40.8 Å². The zero-order valence-corrected chi connectivity index (χ0v) is 13.4. The summed E-state index contributed by atoms with van der Waals surface area (Å²) in [6.07, 6.45) is 0.676. The molecule has 2 N–H and O–H groups in total. The van der Waals surface area contributed by atoms with Gasteiger partial charge in [0.2, 0.25) is 0 Å². The van der Waals surface area contributed by atoms with Gasteiger partial charge in [0.05, 0.1) is 0 Å². The second-order valence-corrected chi connectivity index (χ2v) is 6.15. The molecular weight excluding hydrogens is 306 g/mol. The van der Waals surface area contributed by atoms with Crippen LogP contribution in [0.15, 0.2) is 54.6 Å². The van der Waals surface area contributed by atoms with Gasteiger partial charge in [-0.25, -0.2) is 4.79 Å². The van der Waals surface area contributed by atoms with Crippen LogP contribution in [0.3, 0.4) is 0 Å². The van der Waals surface area contributed by atoms with Gasteiger partial charge in [-0.3, -0.25) is 4.90 Å². The fourth-order valence-corrected chi connectivity index (χ4v) is 3.15. The van der Waals surface area contributed by atoms with Gasteiger partial charge in [0.1, 0.15) is 11.4 Å². The van der Waals surface area contributed by atoms with E-state index in [2.05, 4.69) is 4.90 Å². The molecule has 5 nitrogen and oxygen atoms in total. The highest BCUT2D eigenvalue weighted by Gasteiger charge is 2.37. The quantitative estimate of drug-likeness (QED) is 0.851. The highest BCUT2D eigenvalue weighted by molar-refractivity contribution is 5.68.